The molecule has 98 valence electrons. The zero-order valence-corrected chi connectivity index (χ0v) is 9.72. The molecular formula is C13H13F3O2. The number of carbonyl (C=O) groups is 1. The van der Waals surface area contributed by atoms with Crippen molar-refractivity contribution in [2.24, 2.45) is 5.92 Å². The van der Waals surface area contributed by atoms with E-state index in [-0.39, 0.29) is 17.9 Å². The molecule has 0 unspecified atom stereocenters. The molecule has 2 rings (SSSR count). The average Bonchev–Trinajstić information content (AvgIpc) is 2.37. The summed E-state index contributed by atoms with van der Waals surface area (Å²) in [5.74, 6) is -4.63. The van der Waals surface area contributed by atoms with Gasteiger partial charge in [0, 0.05) is 19.6 Å². The van der Waals surface area contributed by atoms with Crippen LogP contribution in [0, 0.1) is 23.4 Å². The molecule has 0 bridgehead atoms. The Morgan fingerprint density at radius 3 is 2.50 bits per heavy atom. The lowest BCUT2D eigenvalue weighted by Crippen LogP contribution is -2.19. The lowest BCUT2D eigenvalue weighted by Gasteiger charge is -2.21. The molecule has 1 fully saturated rings. The summed E-state index contributed by atoms with van der Waals surface area (Å²) < 4.78 is 44.3. The van der Waals surface area contributed by atoms with E-state index < -0.39 is 23.2 Å². The molecule has 2 nitrogen and oxygen atoms in total. The number of ketones is 1. The first-order valence-electron chi connectivity index (χ1n) is 5.84. The topological polar surface area (TPSA) is 26.3 Å². The van der Waals surface area contributed by atoms with Crippen LogP contribution in [0.25, 0.3) is 0 Å². The number of rotatable bonds is 3. The second kappa shape index (κ2) is 5.52. The highest BCUT2D eigenvalue weighted by molar-refractivity contribution is 5.96. The summed E-state index contributed by atoms with van der Waals surface area (Å²) >= 11 is 0. The van der Waals surface area contributed by atoms with Gasteiger partial charge in [-0.3, -0.25) is 4.79 Å². The second-order valence-electron chi connectivity index (χ2n) is 4.41. The lowest BCUT2D eigenvalue weighted by atomic mass is 9.92. The van der Waals surface area contributed by atoms with Gasteiger partial charge in [-0.1, -0.05) is 0 Å². The molecule has 0 spiro atoms. The number of hydrogen-bond donors (Lipinski definition) is 0. The number of ether oxygens (including phenoxy) is 1. The summed E-state index contributed by atoms with van der Waals surface area (Å²) in [7, 11) is 0. The van der Waals surface area contributed by atoms with Gasteiger partial charge in [-0.05, 0) is 30.9 Å². The van der Waals surface area contributed by atoms with Crippen LogP contribution in [-0.2, 0) is 4.74 Å². The highest BCUT2D eigenvalue weighted by atomic mass is 19.2. The van der Waals surface area contributed by atoms with Crippen molar-refractivity contribution >= 4 is 5.78 Å². The van der Waals surface area contributed by atoms with Gasteiger partial charge in [-0.15, -0.1) is 0 Å². The monoisotopic (exact) mass is 258 g/mol. The zero-order valence-electron chi connectivity index (χ0n) is 9.72. The van der Waals surface area contributed by atoms with E-state index in [1.165, 1.54) is 0 Å². The molecule has 1 aliphatic rings. The molecule has 0 atom stereocenters. The molecule has 0 radical (unpaired) electrons. The number of Topliss-reactive ketones (excluding diaryl/α,β-unsaturated/α-hetero) is 1. The summed E-state index contributed by atoms with van der Waals surface area (Å²) in [5.41, 5.74) is -0.375. The van der Waals surface area contributed by atoms with Gasteiger partial charge < -0.3 is 4.74 Å². The first-order valence-corrected chi connectivity index (χ1v) is 5.84. The molecule has 0 N–H and O–H groups in total. The molecule has 1 aromatic carbocycles. The van der Waals surface area contributed by atoms with E-state index in [1.807, 2.05) is 0 Å². The predicted octanol–water partition coefficient (Wildman–Crippen LogP) is 3.10. The Kier molecular flexibility index (Phi) is 4.01. The van der Waals surface area contributed by atoms with Crippen molar-refractivity contribution in [3.8, 4) is 0 Å². The Morgan fingerprint density at radius 1 is 1.17 bits per heavy atom. The van der Waals surface area contributed by atoms with Crippen molar-refractivity contribution in [1.29, 1.82) is 0 Å². The van der Waals surface area contributed by atoms with E-state index in [4.69, 9.17) is 4.74 Å². The average molecular weight is 258 g/mol. The van der Waals surface area contributed by atoms with Crippen molar-refractivity contribution < 1.29 is 22.7 Å². The number of hydrogen-bond acceptors (Lipinski definition) is 2. The molecule has 1 aromatic rings. The van der Waals surface area contributed by atoms with Gasteiger partial charge in [-0.25, -0.2) is 13.2 Å². The van der Waals surface area contributed by atoms with Crippen LogP contribution in [0.2, 0.25) is 0 Å². The van der Waals surface area contributed by atoms with Crippen molar-refractivity contribution in [3.63, 3.8) is 0 Å². The Labute approximate surface area is 103 Å². The van der Waals surface area contributed by atoms with Crippen molar-refractivity contribution in [3.05, 3.63) is 35.1 Å². The maximum Gasteiger partial charge on any atom is 0.195 e. The van der Waals surface area contributed by atoms with Gasteiger partial charge in [-0.2, -0.15) is 0 Å². The molecule has 1 heterocycles. The standard InChI is InChI=1S/C13H13F3O2/c14-10-2-1-9(12(15)13(10)16)11(17)7-8-3-5-18-6-4-8/h1-2,8H,3-7H2. The number of halogens is 3. The largest absolute Gasteiger partial charge is 0.381 e. The summed E-state index contributed by atoms with van der Waals surface area (Å²) in [6.07, 6.45) is 1.61. The van der Waals surface area contributed by atoms with Gasteiger partial charge >= 0.3 is 0 Å². The highest BCUT2D eigenvalue weighted by Crippen LogP contribution is 2.23. The van der Waals surface area contributed by atoms with E-state index in [2.05, 4.69) is 0 Å². The molecular weight excluding hydrogens is 245 g/mol. The highest BCUT2D eigenvalue weighted by Gasteiger charge is 2.22. The van der Waals surface area contributed by atoms with Crippen molar-refractivity contribution in [2.45, 2.75) is 19.3 Å². The SMILES string of the molecule is O=C(CC1CCOCC1)c1ccc(F)c(F)c1F. The molecule has 1 aliphatic heterocycles. The summed E-state index contributed by atoms with van der Waals surface area (Å²) in [4.78, 5) is 11.8. The van der Waals surface area contributed by atoms with Crippen LogP contribution in [0.4, 0.5) is 13.2 Å². The fourth-order valence-electron chi connectivity index (χ4n) is 2.06. The maximum absolute atomic E-state index is 13.4. The Bertz CT molecular complexity index is 454. The molecule has 5 heteroatoms. The summed E-state index contributed by atoms with van der Waals surface area (Å²) in [5, 5.41) is 0. The third-order valence-electron chi connectivity index (χ3n) is 3.15. The van der Waals surface area contributed by atoms with Crippen LogP contribution >= 0.6 is 0 Å². The van der Waals surface area contributed by atoms with Gasteiger partial charge in [0.05, 0.1) is 5.56 Å². The van der Waals surface area contributed by atoms with Crippen LogP contribution in [-0.4, -0.2) is 19.0 Å². The van der Waals surface area contributed by atoms with Crippen molar-refractivity contribution in [1.82, 2.24) is 0 Å². The van der Waals surface area contributed by atoms with E-state index in [0.717, 1.165) is 25.0 Å². The van der Waals surface area contributed by atoms with Gasteiger partial charge in [0.1, 0.15) is 0 Å². The van der Waals surface area contributed by atoms with Gasteiger partial charge in [0.25, 0.3) is 0 Å². The van der Waals surface area contributed by atoms with E-state index >= 15 is 0 Å². The van der Waals surface area contributed by atoms with Gasteiger partial charge in [0.2, 0.25) is 0 Å². The maximum atomic E-state index is 13.4. The van der Waals surface area contributed by atoms with Gasteiger partial charge in [0.15, 0.2) is 23.2 Å². The van der Waals surface area contributed by atoms with E-state index in [9.17, 15) is 18.0 Å². The summed E-state index contributed by atoms with van der Waals surface area (Å²) in [6, 6.07) is 1.77. The Morgan fingerprint density at radius 2 is 1.83 bits per heavy atom. The van der Waals surface area contributed by atoms with Crippen LogP contribution in [0.5, 0.6) is 0 Å². The summed E-state index contributed by atoms with van der Waals surface area (Å²) in [6.45, 7) is 1.16. The van der Waals surface area contributed by atoms with Crippen molar-refractivity contribution in [2.75, 3.05) is 13.2 Å². The minimum absolute atomic E-state index is 0.124. The molecule has 18 heavy (non-hydrogen) atoms. The fourth-order valence-corrected chi connectivity index (χ4v) is 2.06. The predicted molar refractivity (Wildman–Crippen MR) is 58.8 cm³/mol. The fraction of sp³-hybridized carbons (Fsp3) is 0.462. The quantitative estimate of drug-likeness (QED) is 0.615. The zero-order chi connectivity index (χ0) is 13.1. The molecule has 0 saturated carbocycles. The van der Waals surface area contributed by atoms with E-state index in [0.29, 0.717) is 13.2 Å². The minimum Gasteiger partial charge on any atom is -0.381 e. The first-order chi connectivity index (χ1) is 8.59. The molecule has 1 saturated heterocycles. The van der Waals surface area contributed by atoms with Crippen LogP contribution in [0.1, 0.15) is 29.6 Å². The van der Waals surface area contributed by atoms with Crippen LogP contribution in [0.3, 0.4) is 0 Å². The van der Waals surface area contributed by atoms with Crippen LogP contribution in [0.15, 0.2) is 12.1 Å². The Balaban J connectivity index is 2.11. The molecule has 0 aliphatic carbocycles. The number of benzene rings is 1. The minimum atomic E-state index is -1.59. The third kappa shape index (κ3) is 2.72. The smallest absolute Gasteiger partial charge is 0.195 e. The first kappa shape index (κ1) is 13.1. The second-order valence-corrected chi connectivity index (χ2v) is 4.41. The van der Waals surface area contributed by atoms with Crippen LogP contribution < -0.4 is 0 Å². The third-order valence-corrected chi connectivity index (χ3v) is 3.15. The molecule has 0 amide bonds. The Hall–Kier alpha value is -1.36. The normalized spacial score (nSPS) is 16.8. The van der Waals surface area contributed by atoms with E-state index in [1.54, 1.807) is 0 Å². The molecule has 0 aromatic heterocycles. The number of carbonyl (C=O) groups excluding carboxylic acids is 1. The lowest BCUT2D eigenvalue weighted by molar-refractivity contribution is 0.0599.